The van der Waals surface area contributed by atoms with Crippen LogP contribution in [0.2, 0.25) is 0 Å². The minimum absolute atomic E-state index is 0.00633. The maximum Gasteiger partial charge on any atom is 0.416 e. The second-order valence-electron chi connectivity index (χ2n) is 6.91. The number of likely N-dealkylation sites (tertiary alicyclic amines) is 1. The van der Waals surface area contributed by atoms with Crippen molar-refractivity contribution in [3.8, 4) is 0 Å². The van der Waals surface area contributed by atoms with Crippen molar-refractivity contribution in [2.24, 2.45) is 5.92 Å². The van der Waals surface area contributed by atoms with E-state index in [1.54, 1.807) is 18.2 Å². The first-order chi connectivity index (χ1) is 12.9. The molecule has 142 valence electrons. The first kappa shape index (κ1) is 19.2. The lowest BCUT2D eigenvalue weighted by Crippen LogP contribution is -2.37. The molecule has 0 radical (unpaired) electrons. The van der Waals surface area contributed by atoms with E-state index >= 15 is 0 Å². The van der Waals surface area contributed by atoms with Crippen LogP contribution in [0.4, 0.5) is 13.2 Å². The van der Waals surface area contributed by atoms with Crippen LogP contribution in [0.15, 0.2) is 60.7 Å². The lowest BCUT2D eigenvalue weighted by molar-refractivity contribution is -0.137. The molecule has 1 heterocycles. The van der Waals surface area contributed by atoms with Crippen LogP contribution in [-0.4, -0.2) is 23.9 Å². The predicted octanol–water partition coefficient (Wildman–Crippen LogP) is 5.20. The Bertz CT molecular complexity index is 773. The summed E-state index contributed by atoms with van der Waals surface area (Å²) in [5, 5.41) is 0. The Balaban J connectivity index is 1.48. The molecule has 1 fully saturated rings. The molecule has 2 aromatic carbocycles. The van der Waals surface area contributed by atoms with Gasteiger partial charge in [0.25, 0.3) is 0 Å². The highest BCUT2D eigenvalue weighted by molar-refractivity contribution is 5.91. The molecule has 2 aromatic rings. The fourth-order valence-electron chi connectivity index (χ4n) is 3.36. The minimum atomic E-state index is -4.29. The Labute approximate surface area is 157 Å². The Morgan fingerprint density at radius 1 is 1.00 bits per heavy atom. The van der Waals surface area contributed by atoms with Crippen LogP contribution in [0.1, 0.15) is 29.5 Å². The number of hydrogen-bond acceptors (Lipinski definition) is 1. The lowest BCUT2D eigenvalue weighted by Gasteiger charge is -2.31. The van der Waals surface area contributed by atoms with E-state index < -0.39 is 11.7 Å². The van der Waals surface area contributed by atoms with Crippen LogP contribution in [0.25, 0.3) is 6.08 Å². The monoisotopic (exact) mass is 373 g/mol. The highest BCUT2D eigenvalue weighted by Crippen LogP contribution is 2.30. The van der Waals surface area contributed by atoms with Crippen molar-refractivity contribution in [2.45, 2.75) is 25.4 Å². The van der Waals surface area contributed by atoms with Crippen LogP contribution in [0.5, 0.6) is 0 Å². The predicted molar refractivity (Wildman–Crippen MR) is 99.9 cm³/mol. The van der Waals surface area contributed by atoms with Gasteiger partial charge in [-0.3, -0.25) is 4.79 Å². The number of hydrogen-bond donors (Lipinski definition) is 0. The number of nitrogens with zero attached hydrogens (tertiary/aromatic N) is 1. The van der Waals surface area contributed by atoms with Gasteiger partial charge in [0, 0.05) is 19.2 Å². The topological polar surface area (TPSA) is 20.3 Å². The van der Waals surface area contributed by atoms with Gasteiger partial charge in [0.2, 0.25) is 5.91 Å². The normalized spacial score (nSPS) is 16.0. The van der Waals surface area contributed by atoms with E-state index in [2.05, 4.69) is 0 Å². The van der Waals surface area contributed by atoms with Crippen LogP contribution >= 0.6 is 0 Å². The summed E-state index contributed by atoms with van der Waals surface area (Å²) < 4.78 is 37.9. The maximum atomic E-state index is 12.6. The van der Waals surface area contributed by atoms with E-state index in [4.69, 9.17) is 0 Å². The van der Waals surface area contributed by atoms with Gasteiger partial charge in [-0.1, -0.05) is 42.5 Å². The summed E-state index contributed by atoms with van der Waals surface area (Å²) in [7, 11) is 0. The third-order valence-electron chi connectivity index (χ3n) is 4.95. The minimum Gasteiger partial charge on any atom is -0.339 e. The van der Waals surface area contributed by atoms with Crippen molar-refractivity contribution in [2.75, 3.05) is 13.1 Å². The molecule has 1 aliphatic rings. The smallest absolute Gasteiger partial charge is 0.339 e. The number of piperidine rings is 1. The van der Waals surface area contributed by atoms with E-state index in [1.807, 2.05) is 41.3 Å². The molecule has 0 aromatic heterocycles. The third kappa shape index (κ3) is 5.46. The first-order valence-electron chi connectivity index (χ1n) is 9.10. The fourth-order valence-corrected chi connectivity index (χ4v) is 3.36. The molecule has 5 heteroatoms. The average molecular weight is 373 g/mol. The molecule has 1 amide bonds. The Kier molecular flexibility index (Phi) is 5.99. The van der Waals surface area contributed by atoms with Crippen molar-refractivity contribution in [1.29, 1.82) is 0 Å². The molecule has 0 N–H and O–H groups in total. The zero-order valence-electron chi connectivity index (χ0n) is 15.0. The van der Waals surface area contributed by atoms with Gasteiger partial charge in [0.05, 0.1) is 5.56 Å². The highest BCUT2D eigenvalue weighted by atomic mass is 19.4. The molecule has 0 aliphatic carbocycles. The van der Waals surface area contributed by atoms with Crippen LogP contribution in [-0.2, 0) is 17.4 Å². The van der Waals surface area contributed by atoms with Crippen LogP contribution < -0.4 is 0 Å². The SMILES string of the molecule is O=C(C=Cc1ccccc1)N1CCC(Cc2ccc(C(F)(F)F)cc2)CC1. The number of alkyl halides is 3. The summed E-state index contributed by atoms with van der Waals surface area (Å²) >= 11 is 0. The van der Waals surface area contributed by atoms with Gasteiger partial charge in [-0.15, -0.1) is 0 Å². The Hall–Kier alpha value is -2.56. The average Bonchev–Trinajstić information content (AvgIpc) is 2.67. The summed E-state index contributed by atoms with van der Waals surface area (Å²) in [6.07, 6.45) is 1.61. The molecule has 0 unspecified atom stereocenters. The molecule has 1 aliphatic heterocycles. The summed E-state index contributed by atoms with van der Waals surface area (Å²) in [6.45, 7) is 1.37. The van der Waals surface area contributed by atoms with Gasteiger partial charge in [-0.25, -0.2) is 0 Å². The second kappa shape index (κ2) is 8.42. The van der Waals surface area contributed by atoms with E-state index in [-0.39, 0.29) is 5.91 Å². The van der Waals surface area contributed by atoms with Gasteiger partial charge in [0.15, 0.2) is 0 Å². The molecule has 0 atom stereocenters. The molecule has 27 heavy (non-hydrogen) atoms. The van der Waals surface area contributed by atoms with Crippen molar-refractivity contribution in [3.05, 3.63) is 77.4 Å². The van der Waals surface area contributed by atoms with Gasteiger partial charge in [-0.2, -0.15) is 13.2 Å². The lowest BCUT2D eigenvalue weighted by atomic mass is 9.90. The van der Waals surface area contributed by atoms with Crippen molar-refractivity contribution >= 4 is 12.0 Å². The number of carbonyl (C=O) groups excluding carboxylic acids is 1. The number of halogens is 3. The number of carbonyl (C=O) groups is 1. The summed E-state index contributed by atoms with van der Waals surface area (Å²) in [4.78, 5) is 14.1. The van der Waals surface area contributed by atoms with Crippen molar-refractivity contribution in [1.82, 2.24) is 4.90 Å². The number of amides is 1. The van der Waals surface area contributed by atoms with Crippen molar-refractivity contribution < 1.29 is 18.0 Å². The number of benzene rings is 2. The van der Waals surface area contributed by atoms with Gasteiger partial charge < -0.3 is 4.90 Å². The van der Waals surface area contributed by atoms with Gasteiger partial charge in [0.1, 0.15) is 0 Å². The van der Waals surface area contributed by atoms with Crippen LogP contribution in [0.3, 0.4) is 0 Å². The van der Waals surface area contributed by atoms with E-state index in [0.29, 0.717) is 19.0 Å². The Morgan fingerprint density at radius 2 is 1.63 bits per heavy atom. The number of rotatable bonds is 4. The fraction of sp³-hybridized carbons (Fsp3) is 0.318. The quantitative estimate of drug-likeness (QED) is 0.675. The van der Waals surface area contributed by atoms with E-state index in [0.717, 1.165) is 42.5 Å². The molecular formula is C22H22F3NO. The van der Waals surface area contributed by atoms with E-state index in [9.17, 15) is 18.0 Å². The zero-order chi connectivity index (χ0) is 19.3. The molecule has 3 rings (SSSR count). The van der Waals surface area contributed by atoms with Crippen LogP contribution in [0, 0.1) is 5.92 Å². The van der Waals surface area contributed by atoms with Crippen molar-refractivity contribution in [3.63, 3.8) is 0 Å². The largest absolute Gasteiger partial charge is 0.416 e. The van der Waals surface area contributed by atoms with E-state index in [1.165, 1.54) is 0 Å². The third-order valence-corrected chi connectivity index (χ3v) is 4.95. The highest BCUT2D eigenvalue weighted by Gasteiger charge is 2.30. The molecule has 1 saturated heterocycles. The Morgan fingerprint density at radius 3 is 2.22 bits per heavy atom. The maximum absolute atomic E-state index is 12.6. The van der Waals surface area contributed by atoms with Gasteiger partial charge in [-0.05, 0) is 54.5 Å². The summed E-state index contributed by atoms with van der Waals surface area (Å²) in [5.74, 6) is 0.399. The zero-order valence-corrected chi connectivity index (χ0v) is 15.0. The molecular weight excluding hydrogens is 351 g/mol. The van der Waals surface area contributed by atoms with Gasteiger partial charge >= 0.3 is 6.18 Å². The summed E-state index contributed by atoms with van der Waals surface area (Å²) in [6, 6.07) is 15.1. The first-order valence-corrected chi connectivity index (χ1v) is 9.10. The standard InChI is InChI=1S/C22H22F3NO/c23-22(24,25)20-9-6-18(7-10-20)16-19-12-14-26(15-13-19)21(27)11-8-17-4-2-1-3-5-17/h1-11,19H,12-16H2. The molecule has 0 spiro atoms. The second-order valence-corrected chi connectivity index (χ2v) is 6.91. The summed E-state index contributed by atoms with van der Waals surface area (Å²) in [5.41, 5.74) is 1.29. The molecule has 0 saturated carbocycles. The molecule has 2 nitrogen and oxygen atoms in total. The molecule has 0 bridgehead atoms.